The zero-order valence-electron chi connectivity index (χ0n) is 22.8. The van der Waals surface area contributed by atoms with Gasteiger partial charge in [0.25, 0.3) is 0 Å². The van der Waals surface area contributed by atoms with Crippen LogP contribution in [0.1, 0.15) is 63.5 Å². The summed E-state index contributed by atoms with van der Waals surface area (Å²) in [7, 11) is 3.88. The molecule has 0 N–H and O–H groups in total. The third kappa shape index (κ3) is 9.73. The van der Waals surface area contributed by atoms with Gasteiger partial charge in [-0.2, -0.15) is 0 Å². The van der Waals surface area contributed by atoms with Crippen LogP contribution in [0.4, 0.5) is 0 Å². The Morgan fingerprint density at radius 2 is 1.11 bits per heavy atom. The second-order valence-electron chi connectivity index (χ2n) is 10.5. The fourth-order valence-corrected chi connectivity index (χ4v) is 5.58. The van der Waals surface area contributed by atoms with E-state index in [1.165, 1.54) is 11.1 Å². The summed E-state index contributed by atoms with van der Waals surface area (Å²) in [5.41, 5.74) is 2.62. The van der Waals surface area contributed by atoms with Crippen LogP contribution in [0, 0.1) is 11.8 Å². The van der Waals surface area contributed by atoms with E-state index >= 15 is 0 Å². The molecule has 2 aliphatic heterocycles. The summed E-state index contributed by atoms with van der Waals surface area (Å²) in [5.74, 6) is 0.883. The Morgan fingerprint density at radius 1 is 0.750 bits per heavy atom. The molecule has 2 fully saturated rings. The normalized spacial score (nSPS) is 20.7. The van der Waals surface area contributed by atoms with E-state index in [2.05, 4.69) is 47.9 Å². The minimum Gasteiger partial charge on any atom is -0.345 e. The quantitative estimate of drug-likeness (QED) is 0.365. The number of piperidine rings is 2. The van der Waals surface area contributed by atoms with Crippen molar-refractivity contribution in [2.75, 3.05) is 53.4 Å². The molecule has 2 amide bonds. The number of halogens is 2. The third-order valence-electron chi connectivity index (χ3n) is 7.42. The highest BCUT2D eigenvalue weighted by Crippen LogP contribution is 2.23. The molecule has 206 valence electrons. The van der Waals surface area contributed by atoms with Gasteiger partial charge in [-0.3, -0.25) is 19.4 Å². The number of benzene rings is 1. The molecule has 2 heterocycles. The van der Waals surface area contributed by atoms with Gasteiger partial charge in [-0.15, -0.1) is 34.0 Å². The summed E-state index contributed by atoms with van der Waals surface area (Å²) < 4.78 is 0. The Bertz CT molecular complexity index is 727. The lowest BCUT2D eigenvalue weighted by Gasteiger charge is -2.34. The number of hydrogen-bond acceptors (Lipinski definition) is 4. The van der Waals surface area contributed by atoms with Crippen molar-refractivity contribution in [2.24, 2.45) is 11.8 Å². The van der Waals surface area contributed by atoms with E-state index in [0.29, 0.717) is 11.8 Å². The van der Waals surface area contributed by atoms with E-state index in [9.17, 15) is 9.59 Å². The highest BCUT2D eigenvalue weighted by molar-refractivity contribution is 8.93. The van der Waals surface area contributed by atoms with Crippen LogP contribution in [0.2, 0.25) is 0 Å². The summed E-state index contributed by atoms with van der Waals surface area (Å²) >= 11 is 0. The number of likely N-dealkylation sites (tertiary alicyclic amines) is 2. The largest absolute Gasteiger partial charge is 0.345 e. The maximum absolute atomic E-state index is 12.7. The molecular formula is C28H48Br2N4O2. The molecule has 2 saturated heterocycles. The zero-order valence-corrected chi connectivity index (χ0v) is 26.2. The molecule has 0 bridgehead atoms. The van der Waals surface area contributed by atoms with E-state index < -0.39 is 0 Å². The Balaban J connectivity index is 0.00000324. The predicted octanol–water partition coefficient (Wildman–Crippen LogP) is 5.00. The van der Waals surface area contributed by atoms with E-state index in [1.54, 1.807) is 0 Å². The van der Waals surface area contributed by atoms with Crippen molar-refractivity contribution in [3.63, 3.8) is 0 Å². The number of carbonyl (C=O) groups is 2. The summed E-state index contributed by atoms with van der Waals surface area (Å²) in [4.78, 5) is 34.1. The first-order chi connectivity index (χ1) is 16.4. The first kappa shape index (κ1) is 33.1. The highest BCUT2D eigenvalue weighted by Gasteiger charge is 2.29. The van der Waals surface area contributed by atoms with Crippen LogP contribution < -0.4 is 0 Å². The highest BCUT2D eigenvalue weighted by atomic mass is 79.9. The lowest BCUT2D eigenvalue weighted by atomic mass is 9.95. The summed E-state index contributed by atoms with van der Waals surface area (Å²) in [6.07, 6.45) is 6.23. The van der Waals surface area contributed by atoms with Gasteiger partial charge >= 0.3 is 0 Å². The van der Waals surface area contributed by atoms with Gasteiger partial charge in [0.05, 0.1) is 11.8 Å². The first-order valence-electron chi connectivity index (χ1n) is 13.4. The molecule has 3 rings (SSSR count). The van der Waals surface area contributed by atoms with Crippen molar-refractivity contribution in [1.29, 1.82) is 0 Å². The van der Waals surface area contributed by atoms with E-state index in [4.69, 9.17) is 0 Å². The Kier molecular flexibility index (Phi) is 15.4. The average Bonchev–Trinajstić information content (AvgIpc) is 2.85. The molecule has 36 heavy (non-hydrogen) atoms. The lowest BCUT2D eigenvalue weighted by Crippen LogP contribution is -2.43. The van der Waals surface area contributed by atoms with Crippen molar-refractivity contribution in [3.8, 4) is 0 Å². The number of rotatable bonds is 10. The maximum Gasteiger partial charge on any atom is 0.226 e. The molecule has 1 aromatic rings. The van der Waals surface area contributed by atoms with Gasteiger partial charge in [0, 0.05) is 53.4 Å². The Hall–Kier alpha value is -0.960. The predicted molar refractivity (Wildman–Crippen MR) is 159 cm³/mol. The van der Waals surface area contributed by atoms with Crippen molar-refractivity contribution in [1.82, 2.24) is 19.6 Å². The van der Waals surface area contributed by atoms with Gasteiger partial charge in [-0.25, -0.2) is 0 Å². The van der Waals surface area contributed by atoms with Crippen LogP contribution in [-0.2, 0) is 22.7 Å². The summed E-state index contributed by atoms with van der Waals surface area (Å²) in [6.45, 7) is 11.6. The van der Waals surface area contributed by atoms with Gasteiger partial charge in [0.15, 0.2) is 0 Å². The van der Waals surface area contributed by atoms with Gasteiger partial charge in [0.1, 0.15) is 0 Å². The SMILES string of the molecule is Br.Br.CCCN(C)C(=O)C1CCCN(Cc2ccc(CN3CCCC(C(=O)N(C)CCC)C3)cc2)C1. The standard InChI is InChI=1S/C28H46N4O2.2BrH/c1-5-15-29(3)27(33)25-9-7-17-31(21-25)19-23-11-13-24(14-12-23)20-32-18-8-10-26(22-32)28(34)30(4)16-6-2;;/h11-14,25-26H,5-10,15-22H2,1-4H3;2*1H. The maximum atomic E-state index is 12.7. The van der Waals surface area contributed by atoms with Gasteiger partial charge in [0.2, 0.25) is 11.8 Å². The molecule has 6 nitrogen and oxygen atoms in total. The molecule has 2 unspecified atom stereocenters. The second kappa shape index (κ2) is 16.8. The van der Waals surface area contributed by atoms with Gasteiger partial charge in [-0.1, -0.05) is 38.1 Å². The van der Waals surface area contributed by atoms with Crippen LogP contribution in [0.15, 0.2) is 24.3 Å². The summed E-state index contributed by atoms with van der Waals surface area (Å²) in [5, 5.41) is 0. The summed E-state index contributed by atoms with van der Waals surface area (Å²) in [6, 6.07) is 8.97. The van der Waals surface area contributed by atoms with Crippen LogP contribution in [0.5, 0.6) is 0 Å². The lowest BCUT2D eigenvalue weighted by molar-refractivity contribution is -0.136. The molecular weight excluding hydrogens is 584 g/mol. The smallest absolute Gasteiger partial charge is 0.226 e. The molecule has 0 saturated carbocycles. The zero-order chi connectivity index (χ0) is 24.5. The number of carbonyl (C=O) groups excluding carboxylic acids is 2. The second-order valence-corrected chi connectivity index (χ2v) is 10.5. The van der Waals surface area contributed by atoms with Crippen molar-refractivity contribution < 1.29 is 9.59 Å². The molecule has 8 heteroatoms. The Labute approximate surface area is 240 Å². The van der Waals surface area contributed by atoms with Crippen LogP contribution in [0.25, 0.3) is 0 Å². The number of nitrogens with zero attached hydrogens (tertiary/aromatic N) is 4. The minimum absolute atomic E-state index is 0. The van der Waals surface area contributed by atoms with Gasteiger partial charge < -0.3 is 9.80 Å². The van der Waals surface area contributed by atoms with Crippen LogP contribution in [0.3, 0.4) is 0 Å². The molecule has 0 aromatic heterocycles. The van der Waals surface area contributed by atoms with E-state index in [-0.39, 0.29) is 45.8 Å². The monoisotopic (exact) mass is 630 g/mol. The molecule has 2 atom stereocenters. The third-order valence-corrected chi connectivity index (χ3v) is 7.42. The fraction of sp³-hybridized carbons (Fsp3) is 0.714. The van der Waals surface area contributed by atoms with Crippen molar-refractivity contribution in [3.05, 3.63) is 35.4 Å². The molecule has 1 aromatic carbocycles. The minimum atomic E-state index is 0. The average molecular weight is 633 g/mol. The van der Waals surface area contributed by atoms with E-state index in [1.807, 2.05) is 23.9 Å². The molecule has 0 radical (unpaired) electrons. The molecule has 0 aliphatic carbocycles. The van der Waals surface area contributed by atoms with Gasteiger partial charge in [-0.05, 0) is 62.7 Å². The molecule has 0 spiro atoms. The van der Waals surface area contributed by atoms with Crippen LogP contribution in [-0.4, -0.2) is 84.8 Å². The first-order valence-corrected chi connectivity index (χ1v) is 13.4. The Morgan fingerprint density at radius 3 is 1.44 bits per heavy atom. The molecule has 2 aliphatic rings. The number of amides is 2. The topological polar surface area (TPSA) is 47.1 Å². The van der Waals surface area contributed by atoms with Crippen LogP contribution >= 0.6 is 34.0 Å². The fourth-order valence-electron chi connectivity index (χ4n) is 5.58. The number of hydrogen-bond donors (Lipinski definition) is 0. The van der Waals surface area contributed by atoms with E-state index in [0.717, 1.165) is 90.9 Å². The van der Waals surface area contributed by atoms with Crippen molar-refractivity contribution in [2.45, 2.75) is 65.5 Å². The van der Waals surface area contributed by atoms with Crippen molar-refractivity contribution >= 4 is 45.8 Å².